The van der Waals surface area contributed by atoms with Gasteiger partial charge in [0.25, 0.3) is 5.56 Å². The number of methoxy groups -OCH3 is 1. The van der Waals surface area contributed by atoms with E-state index in [0.29, 0.717) is 27.8 Å². The largest absolute Gasteiger partial charge is 0.497 e. The van der Waals surface area contributed by atoms with Crippen molar-refractivity contribution in [1.29, 1.82) is 0 Å². The molecule has 0 fully saturated rings. The molecule has 2 heterocycles. The molecule has 2 aromatic heterocycles. The summed E-state index contributed by atoms with van der Waals surface area (Å²) in [5, 5.41) is 8.20. The van der Waals surface area contributed by atoms with Gasteiger partial charge >= 0.3 is 0 Å². The van der Waals surface area contributed by atoms with Crippen molar-refractivity contribution in [2.24, 2.45) is 0 Å². The van der Waals surface area contributed by atoms with E-state index in [1.807, 2.05) is 55.5 Å². The van der Waals surface area contributed by atoms with Crippen molar-refractivity contribution in [2.45, 2.75) is 45.7 Å². The predicted octanol–water partition coefficient (Wildman–Crippen LogP) is 3.69. The first-order valence-corrected chi connectivity index (χ1v) is 11.6. The molecule has 6 nitrogen and oxygen atoms in total. The highest BCUT2D eigenvalue weighted by molar-refractivity contribution is 7.15. The third-order valence-electron chi connectivity index (χ3n) is 5.58. The standard InChI is InChI=1S/C25H28N4O2S/c1-5-17(3)26-21(19-7-6-8-20(14-19)31-4)15-23-27-25-29(28-23)24(30)22(32-25)13-18-11-9-16(2)10-12-18/h6-14,17,21,26H,5,15H2,1-4H3/b22-13-. The van der Waals surface area contributed by atoms with Gasteiger partial charge in [-0.25, -0.2) is 4.98 Å². The summed E-state index contributed by atoms with van der Waals surface area (Å²) in [5.74, 6) is 1.47. The molecule has 0 aliphatic rings. The maximum atomic E-state index is 12.9. The molecule has 0 bridgehead atoms. The number of ether oxygens (including phenoxy) is 1. The zero-order valence-corrected chi connectivity index (χ0v) is 19.6. The molecular formula is C25H28N4O2S. The second-order valence-electron chi connectivity index (χ2n) is 8.06. The van der Waals surface area contributed by atoms with E-state index in [-0.39, 0.29) is 11.6 Å². The summed E-state index contributed by atoms with van der Waals surface area (Å²) >= 11 is 1.37. The molecule has 2 atom stereocenters. The van der Waals surface area contributed by atoms with E-state index in [1.54, 1.807) is 7.11 Å². The zero-order chi connectivity index (χ0) is 22.7. The molecular weight excluding hydrogens is 420 g/mol. The van der Waals surface area contributed by atoms with Crippen LogP contribution in [0.1, 0.15) is 48.8 Å². The Hall–Kier alpha value is -3.03. The Labute approximate surface area is 191 Å². The summed E-state index contributed by atoms with van der Waals surface area (Å²) in [7, 11) is 1.67. The third-order valence-corrected chi connectivity index (χ3v) is 6.54. The van der Waals surface area contributed by atoms with Gasteiger partial charge in [-0.05, 0) is 49.6 Å². The van der Waals surface area contributed by atoms with Crippen LogP contribution in [0, 0.1) is 6.92 Å². The number of rotatable bonds is 8. The highest BCUT2D eigenvalue weighted by Crippen LogP contribution is 2.23. The second-order valence-corrected chi connectivity index (χ2v) is 9.07. The molecule has 0 saturated heterocycles. The molecule has 32 heavy (non-hydrogen) atoms. The predicted molar refractivity (Wildman–Crippen MR) is 129 cm³/mol. The average molecular weight is 449 g/mol. The first-order chi connectivity index (χ1) is 15.5. The minimum absolute atomic E-state index is 0.0193. The first-order valence-electron chi connectivity index (χ1n) is 10.8. The maximum absolute atomic E-state index is 12.9. The minimum atomic E-state index is -0.128. The molecule has 2 unspecified atom stereocenters. The normalized spacial score (nSPS) is 14.1. The number of benzene rings is 2. The van der Waals surface area contributed by atoms with Crippen molar-refractivity contribution < 1.29 is 4.74 Å². The van der Waals surface area contributed by atoms with Gasteiger partial charge in [0.1, 0.15) is 5.75 Å². The smallest absolute Gasteiger partial charge is 0.291 e. The van der Waals surface area contributed by atoms with Gasteiger partial charge < -0.3 is 10.1 Å². The summed E-state index contributed by atoms with van der Waals surface area (Å²) in [6, 6.07) is 16.5. The summed E-state index contributed by atoms with van der Waals surface area (Å²) in [6.45, 7) is 6.36. The molecule has 0 radical (unpaired) electrons. The summed E-state index contributed by atoms with van der Waals surface area (Å²) in [5.41, 5.74) is 3.16. The van der Waals surface area contributed by atoms with Crippen LogP contribution in [0.2, 0.25) is 0 Å². The Morgan fingerprint density at radius 2 is 2.00 bits per heavy atom. The fourth-order valence-corrected chi connectivity index (χ4v) is 4.48. The van der Waals surface area contributed by atoms with Gasteiger partial charge in [0, 0.05) is 18.5 Å². The van der Waals surface area contributed by atoms with Crippen LogP contribution in [0.25, 0.3) is 11.0 Å². The molecule has 7 heteroatoms. The molecule has 166 valence electrons. The van der Waals surface area contributed by atoms with E-state index >= 15 is 0 Å². The van der Waals surface area contributed by atoms with Crippen LogP contribution in [0.15, 0.2) is 53.3 Å². The average Bonchev–Trinajstić information content (AvgIpc) is 3.33. The van der Waals surface area contributed by atoms with Crippen molar-refractivity contribution in [3.63, 3.8) is 0 Å². The SMILES string of the molecule is CCC(C)NC(Cc1nc2s/c(=C\c3ccc(C)cc3)c(=O)n2n1)c1cccc(OC)c1. The summed E-state index contributed by atoms with van der Waals surface area (Å²) in [4.78, 5) is 18.2. The Kier molecular flexibility index (Phi) is 6.67. The molecule has 0 amide bonds. The van der Waals surface area contributed by atoms with E-state index in [2.05, 4.69) is 35.3 Å². The Morgan fingerprint density at radius 3 is 2.69 bits per heavy atom. The highest BCUT2D eigenvalue weighted by atomic mass is 32.1. The first kappa shape index (κ1) is 22.2. The topological polar surface area (TPSA) is 68.5 Å². The van der Waals surface area contributed by atoms with E-state index in [4.69, 9.17) is 4.74 Å². The van der Waals surface area contributed by atoms with Crippen LogP contribution in [0.3, 0.4) is 0 Å². The number of hydrogen-bond acceptors (Lipinski definition) is 6. The van der Waals surface area contributed by atoms with Crippen LogP contribution in [0.5, 0.6) is 5.75 Å². The lowest BCUT2D eigenvalue weighted by Crippen LogP contribution is -2.31. The van der Waals surface area contributed by atoms with Gasteiger partial charge in [-0.2, -0.15) is 4.52 Å². The Balaban J connectivity index is 1.64. The molecule has 0 aliphatic heterocycles. The lowest BCUT2D eigenvalue weighted by atomic mass is 10.0. The van der Waals surface area contributed by atoms with Crippen LogP contribution in [-0.2, 0) is 6.42 Å². The van der Waals surface area contributed by atoms with Gasteiger partial charge in [-0.1, -0.05) is 60.2 Å². The molecule has 1 N–H and O–H groups in total. The van der Waals surface area contributed by atoms with E-state index < -0.39 is 0 Å². The fourth-order valence-electron chi connectivity index (χ4n) is 3.55. The second kappa shape index (κ2) is 9.63. The molecule has 4 rings (SSSR count). The number of hydrogen-bond donors (Lipinski definition) is 1. The van der Waals surface area contributed by atoms with Crippen molar-refractivity contribution >= 4 is 22.4 Å². The lowest BCUT2D eigenvalue weighted by molar-refractivity contribution is 0.409. The molecule has 0 spiro atoms. The van der Waals surface area contributed by atoms with Gasteiger partial charge in [0.2, 0.25) is 4.96 Å². The van der Waals surface area contributed by atoms with Gasteiger partial charge in [0.15, 0.2) is 5.82 Å². The van der Waals surface area contributed by atoms with Crippen molar-refractivity contribution in [1.82, 2.24) is 19.9 Å². The van der Waals surface area contributed by atoms with Crippen molar-refractivity contribution in [3.05, 3.63) is 85.9 Å². The van der Waals surface area contributed by atoms with Gasteiger partial charge in [0.05, 0.1) is 11.6 Å². The molecule has 0 aliphatic carbocycles. The molecule has 2 aromatic carbocycles. The van der Waals surface area contributed by atoms with Gasteiger partial charge in [-0.3, -0.25) is 4.79 Å². The molecule has 0 saturated carbocycles. The fraction of sp³-hybridized carbons (Fsp3) is 0.320. The van der Waals surface area contributed by atoms with Crippen molar-refractivity contribution in [2.75, 3.05) is 7.11 Å². The van der Waals surface area contributed by atoms with E-state index in [0.717, 1.165) is 23.3 Å². The van der Waals surface area contributed by atoms with Crippen LogP contribution < -0.4 is 20.1 Å². The summed E-state index contributed by atoms with van der Waals surface area (Å²) in [6.07, 6.45) is 3.49. The van der Waals surface area contributed by atoms with Crippen LogP contribution in [0.4, 0.5) is 0 Å². The Morgan fingerprint density at radius 1 is 1.22 bits per heavy atom. The van der Waals surface area contributed by atoms with E-state index in [9.17, 15) is 4.79 Å². The lowest BCUT2D eigenvalue weighted by Gasteiger charge is -2.22. The quantitative estimate of drug-likeness (QED) is 0.445. The van der Waals surface area contributed by atoms with Gasteiger partial charge in [-0.15, -0.1) is 5.10 Å². The number of nitrogens with zero attached hydrogens (tertiary/aromatic N) is 3. The number of aryl methyl sites for hydroxylation is 1. The monoisotopic (exact) mass is 448 g/mol. The Bertz CT molecular complexity index is 1310. The van der Waals surface area contributed by atoms with Crippen LogP contribution >= 0.6 is 11.3 Å². The number of nitrogens with one attached hydrogen (secondary N) is 1. The summed E-state index contributed by atoms with van der Waals surface area (Å²) < 4.78 is 7.46. The molecule has 4 aromatic rings. The zero-order valence-electron chi connectivity index (χ0n) is 18.8. The van der Waals surface area contributed by atoms with Crippen LogP contribution in [-0.4, -0.2) is 27.7 Å². The number of thiazole rings is 1. The maximum Gasteiger partial charge on any atom is 0.291 e. The van der Waals surface area contributed by atoms with E-state index in [1.165, 1.54) is 21.4 Å². The minimum Gasteiger partial charge on any atom is -0.497 e. The highest BCUT2D eigenvalue weighted by Gasteiger charge is 2.19. The number of aromatic nitrogens is 3. The third kappa shape index (κ3) is 4.89. The number of fused-ring (bicyclic) bond motifs is 1. The van der Waals surface area contributed by atoms with Crippen molar-refractivity contribution in [3.8, 4) is 5.75 Å².